The number of rotatable bonds is 10. The van der Waals surface area contributed by atoms with Gasteiger partial charge in [0.05, 0.1) is 25.0 Å². The lowest BCUT2D eigenvalue weighted by Gasteiger charge is -2.18. The van der Waals surface area contributed by atoms with E-state index >= 15 is 0 Å². The van der Waals surface area contributed by atoms with Gasteiger partial charge in [0, 0.05) is 32.8 Å². The number of aromatic hydroxyl groups is 1. The van der Waals surface area contributed by atoms with Gasteiger partial charge in [0.2, 0.25) is 11.7 Å². The van der Waals surface area contributed by atoms with Gasteiger partial charge in [-0.15, -0.1) is 0 Å². The molecule has 0 aromatic heterocycles. The van der Waals surface area contributed by atoms with Crippen molar-refractivity contribution in [2.24, 2.45) is 0 Å². The first-order valence-corrected chi connectivity index (χ1v) is 10.6. The summed E-state index contributed by atoms with van der Waals surface area (Å²) < 4.78 is 10.5. The number of hydrogen-bond donors (Lipinski definition) is 2. The molecule has 0 saturated heterocycles. The third-order valence-electron chi connectivity index (χ3n) is 5.10. The van der Waals surface area contributed by atoms with Crippen molar-refractivity contribution in [1.82, 2.24) is 9.80 Å². The number of nitriles is 1. The SMILES string of the molecule is COc1cc(/C(O)=C(\C#N)C(=O)N(C)CCOc2cccc(CC(=O)N(C)C)c2)cc([N+](=O)[O-])c1O. The average molecular weight is 498 g/mol. The lowest BCUT2D eigenvalue weighted by atomic mass is 10.1. The molecule has 0 radical (unpaired) electrons. The van der Waals surface area contributed by atoms with Crippen molar-refractivity contribution in [2.45, 2.75) is 6.42 Å². The standard InChI is InChI=1S/C24H26N4O8/c1-26(2)21(29)11-15-6-5-7-17(10-15)36-9-8-27(3)24(32)18(14-25)22(30)16-12-19(28(33)34)23(31)20(13-16)35-4/h5-7,10,12-13,30-31H,8-9,11H2,1-4H3/b22-18-. The summed E-state index contributed by atoms with van der Waals surface area (Å²) in [5.41, 5.74) is -0.927. The van der Waals surface area contributed by atoms with Crippen molar-refractivity contribution in [2.75, 3.05) is 41.4 Å². The number of ether oxygens (including phenoxy) is 2. The number of hydrogen-bond acceptors (Lipinski definition) is 9. The van der Waals surface area contributed by atoms with Crippen molar-refractivity contribution in [3.05, 3.63) is 63.2 Å². The second-order valence-corrected chi connectivity index (χ2v) is 7.83. The Morgan fingerprint density at radius 3 is 2.47 bits per heavy atom. The van der Waals surface area contributed by atoms with Crippen LogP contribution in [-0.2, 0) is 16.0 Å². The van der Waals surface area contributed by atoms with Crippen LogP contribution in [0.4, 0.5) is 5.69 Å². The van der Waals surface area contributed by atoms with E-state index in [2.05, 4.69) is 0 Å². The van der Waals surface area contributed by atoms with Gasteiger partial charge in [0.15, 0.2) is 11.3 Å². The Kier molecular flexibility index (Phi) is 9.21. The summed E-state index contributed by atoms with van der Waals surface area (Å²) in [6.45, 7) is 0.0858. The van der Waals surface area contributed by atoms with Crippen LogP contribution in [0.5, 0.6) is 17.2 Å². The molecule has 2 aromatic carbocycles. The lowest BCUT2D eigenvalue weighted by molar-refractivity contribution is -0.386. The van der Waals surface area contributed by atoms with Crippen LogP contribution in [0.15, 0.2) is 42.0 Å². The molecule has 36 heavy (non-hydrogen) atoms. The summed E-state index contributed by atoms with van der Waals surface area (Å²) in [6, 6.07) is 10.4. The van der Waals surface area contributed by atoms with Crippen LogP contribution in [0, 0.1) is 21.4 Å². The molecule has 0 aliphatic carbocycles. The molecular weight excluding hydrogens is 472 g/mol. The first kappa shape index (κ1) is 27.5. The van der Waals surface area contributed by atoms with Gasteiger partial charge in [-0.25, -0.2) is 0 Å². The van der Waals surface area contributed by atoms with E-state index in [0.29, 0.717) is 5.75 Å². The van der Waals surface area contributed by atoms with Crippen LogP contribution in [0.2, 0.25) is 0 Å². The van der Waals surface area contributed by atoms with E-state index < -0.39 is 33.6 Å². The number of nitro groups is 1. The molecule has 0 aliphatic heterocycles. The summed E-state index contributed by atoms with van der Waals surface area (Å²) in [6.07, 6.45) is 0.207. The predicted octanol–water partition coefficient (Wildman–Crippen LogP) is 2.27. The molecule has 0 fully saturated rings. The zero-order valence-electron chi connectivity index (χ0n) is 20.2. The van der Waals surface area contributed by atoms with Gasteiger partial charge >= 0.3 is 5.69 Å². The smallest absolute Gasteiger partial charge is 0.315 e. The fourth-order valence-corrected chi connectivity index (χ4v) is 3.04. The van der Waals surface area contributed by atoms with Gasteiger partial charge in [-0.2, -0.15) is 5.26 Å². The molecule has 2 rings (SSSR count). The van der Waals surface area contributed by atoms with Gasteiger partial charge in [-0.3, -0.25) is 19.7 Å². The van der Waals surface area contributed by atoms with Crippen LogP contribution >= 0.6 is 0 Å². The molecule has 2 amide bonds. The number of amides is 2. The van der Waals surface area contributed by atoms with E-state index in [1.807, 2.05) is 0 Å². The van der Waals surface area contributed by atoms with Crippen molar-refractivity contribution >= 4 is 23.3 Å². The van der Waals surface area contributed by atoms with E-state index in [4.69, 9.17) is 9.47 Å². The van der Waals surface area contributed by atoms with Gasteiger partial charge in [-0.1, -0.05) is 12.1 Å². The number of methoxy groups -OCH3 is 1. The van der Waals surface area contributed by atoms with E-state index in [-0.39, 0.29) is 36.8 Å². The highest BCUT2D eigenvalue weighted by molar-refractivity contribution is 6.03. The number of carbonyl (C=O) groups excluding carboxylic acids is 2. The van der Waals surface area contributed by atoms with Crippen molar-refractivity contribution in [3.8, 4) is 23.3 Å². The number of likely N-dealkylation sites (N-methyl/N-ethyl adjacent to an activating group) is 2. The molecule has 190 valence electrons. The Hall–Kier alpha value is -4.79. The Morgan fingerprint density at radius 1 is 1.19 bits per heavy atom. The topological polar surface area (TPSA) is 166 Å². The van der Waals surface area contributed by atoms with Gasteiger partial charge in [-0.05, 0) is 23.8 Å². The molecule has 12 nitrogen and oxygen atoms in total. The summed E-state index contributed by atoms with van der Waals surface area (Å²) in [4.78, 5) is 37.6. The number of aliphatic hydroxyl groups is 1. The first-order chi connectivity index (χ1) is 17.0. The Morgan fingerprint density at radius 2 is 1.89 bits per heavy atom. The normalized spacial score (nSPS) is 11.1. The maximum Gasteiger partial charge on any atom is 0.315 e. The zero-order chi connectivity index (χ0) is 27.0. The molecule has 0 aliphatic rings. The Bertz CT molecular complexity index is 1230. The van der Waals surface area contributed by atoms with E-state index in [1.165, 1.54) is 11.9 Å². The van der Waals surface area contributed by atoms with Crippen molar-refractivity contribution in [1.29, 1.82) is 5.26 Å². The van der Waals surface area contributed by atoms with Crippen LogP contribution < -0.4 is 9.47 Å². The highest BCUT2D eigenvalue weighted by Crippen LogP contribution is 2.38. The highest BCUT2D eigenvalue weighted by atomic mass is 16.6. The fourth-order valence-electron chi connectivity index (χ4n) is 3.04. The monoisotopic (exact) mass is 498 g/mol. The minimum Gasteiger partial charge on any atom is -0.506 e. The molecule has 0 spiro atoms. The summed E-state index contributed by atoms with van der Waals surface area (Å²) in [5.74, 6) is -2.31. The molecule has 0 unspecified atom stereocenters. The van der Waals surface area contributed by atoms with Crippen molar-refractivity contribution in [3.63, 3.8) is 0 Å². The average Bonchev–Trinajstić information content (AvgIpc) is 2.84. The highest BCUT2D eigenvalue weighted by Gasteiger charge is 2.25. The molecule has 2 aromatic rings. The second kappa shape index (κ2) is 12.1. The number of phenols is 1. The molecule has 0 bridgehead atoms. The molecule has 2 N–H and O–H groups in total. The third-order valence-corrected chi connectivity index (χ3v) is 5.10. The molecule has 0 heterocycles. The van der Waals surface area contributed by atoms with Crippen molar-refractivity contribution < 1.29 is 34.2 Å². The second-order valence-electron chi connectivity index (χ2n) is 7.83. The Labute approximate surface area is 207 Å². The summed E-state index contributed by atoms with van der Waals surface area (Å²) in [5, 5.41) is 41.1. The molecule has 12 heteroatoms. The number of nitrogens with zero attached hydrogens (tertiary/aromatic N) is 4. The summed E-state index contributed by atoms with van der Waals surface area (Å²) >= 11 is 0. The molecule has 0 atom stereocenters. The fraction of sp³-hybridized carbons (Fsp3) is 0.292. The number of phenolic OH excluding ortho intramolecular Hbond substituents is 1. The van der Waals surface area contributed by atoms with Gasteiger partial charge < -0.3 is 29.5 Å². The van der Waals surface area contributed by atoms with Crippen LogP contribution in [0.25, 0.3) is 5.76 Å². The lowest BCUT2D eigenvalue weighted by Crippen LogP contribution is -2.32. The van der Waals surface area contributed by atoms with Crippen LogP contribution in [-0.4, -0.2) is 78.2 Å². The maximum absolute atomic E-state index is 12.8. The minimum atomic E-state index is -0.891. The summed E-state index contributed by atoms with van der Waals surface area (Å²) in [7, 11) is 5.87. The number of benzene rings is 2. The predicted molar refractivity (Wildman–Crippen MR) is 128 cm³/mol. The molecular formula is C24H26N4O8. The number of nitro benzene ring substituents is 1. The Balaban J connectivity index is 2.15. The van der Waals surface area contributed by atoms with E-state index in [0.717, 1.165) is 29.7 Å². The maximum atomic E-state index is 12.8. The van der Waals surface area contributed by atoms with Crippen LogP contribution in [0.3, 0.4) is 0 Å². The van der Waals surface area contributed by atoms with E-state index in [1.54, 1.807) is 44.4 Å². The first-order valence-electron chi connectivity index (χ1n) is 10.6. The number of aliphatic hydroxyl groups excluding tert-OH is 1. The number of carbonyl (C=O) groups is 2. The zero-order valence-corrected chi connectivity index (χ0v) is 20.2. The van der Waals surface area contributed by atoms with Gasteiger partial charge in [0.25, 0.3) is 5.91 Å². The van der Waals surface area contributed by atoms with Gasteiger partial charge in [0.1, 0.15) is 24.2 Å². The quantitative estimate of drug-likeness (QED) is 0.164. The molecule has 0 saturated carbocycles. The van der Waals surface area contributed by atoms with E-state index in [9.17, 15) is 35.2 Å². The third kappa shape index (κ3) is 6.63. The largest absolute Gasteiger partial charge is 0.506 e. The minimum absolute atomic E-state index is 0.0389. The van der Waals surface area contributed by atoms with Crippen LogP contribution in [0.1, 0.15) is 11.1 Å².